The van der Waals surface area contributed by atoms with Crippen LogP contribution in [0.4, 0.5) is 0 Å². The van der Waals surface area contributed by atoms with E-state index in [0.29, 0.717) is 12.6 Å². The molecule has 0 saturated heterocycles. The molecule has 1 N–H and O–H groups in total. The molecule has 20 heavy (non-hydrogen) atoms. The van der Waals surface area contributed by atoms with Crippen molar-refractivity contribution in [2.45, 2.75) is 26.3 Å². The largest absolute Gasteiger partial charge is 0.492 e. The van der Waals surface area contributed by atoms with Gasteiger partial charge in [0.1, 0.15) is 12.4 Å². The van der Waals surface area contributed by atoms with Gasteiger partial charge in [-0.25, -0.2) is 0 Å². The van der Waals surface area contributed by atoms with Crippen LogP contribution in [-0.4, -0.2) is 29.0 Å². The number of benzene rings is 1. The Labute approximate surface area is 120 Å². The van der Waals surface area contributed by atoms with E-state index in [1.807, 2.05) is 30.1 Å². The van der Waals surface area contributed by atoms with E-state index in [9.17, 15) is 0 Å². The second kappa shape index (κ2) is 7.10. The fraction of sp³-hybridized carbons (Fsp3) is 0.438. The van der Waals surface area contributed by atoms with Crippen LogP contribution >= 0.6 is 0 Å². The Bertz CT molecular complexity index is 519. The number of ether oxygens (including phenoxy) is 1. The van der Waals surface area contributed by atoms with E-state index >= 15 is 0 Å². The van der Waals surface area contributed by atoms with Crippen LogP contribution in [0.1, 0.15) is 18.1 Å². The first kappa shape index (κ1) is 14.6. The van der Waals surface area contributed by atoms with Gasteiger partial charge in [0.2, 0.25) is 0 Å². The molecule has 2 aromatic rings. The molecular weight excluding hydrogens is 250 g/mol. The van der Waals surface area contributed by atoms with Crippen molar-refractivity contribution in [1.82, 2.24) is 15.1 Å². The van der Waals surface area contributed by atoms with Crippen LogP contribution < -0.4 is 10.1 Å². The zero-order valence-electron chi connectivity index (χ0n) is 12.5. The molecule has 0 bridgehead atoms. The maximum Gasteiger partial charge on any atom is 0.119 e. The zero-order valence-corrected chi connectivity index (χ0v) is 12.5. The molecule has 0 radical (unpaired) electrons. The monoisotopic (exact) mass is 273 g/mol. The van der Waals surface area contributed by atoms with Crippen molar-refractivity contribution < 1.29 is 4.74 Å². The summed E-state index contributed by atoms with van der Waals surface area (Å²) in [7, 11) is 1.94. The second-order valence-corrected chi connectivity index (χ2v) is 5.25. The van der Waals surface area contributed by atoms with Crippen LogP contribution in [0.15, 0.2) is 36.7 Å². The third-order valence-corrected chi connectivity index (χ3v) is 3.19. The fourth-order valence-corrected chi connectivity index (χ4v) is 1.98. The average Bonchev–Trinajstić information content (AvgIpc) is 2.84. The van der Waals surface area contributed by atoms with Crippen LogP contribution in [0.3, 0.4) is 0 Å². The molecular formula is C16H23N3O. The lowest BCUT2D eigenvalue weighted by atomic mass is 10.2. The summed E-state index contributed by atoms with van der Waals surface area (Å²) in [6, 6.07) is 8.48. The minimum atomic E-state index is 0.327. The molecule has 0 aliphatic heterocycles. The summed E-state index contributed by atoms with van der Waals surface area (Å²) in [5.74, 6) is 0.927. The Kier molecular flexibility index (Phi) is 5.18. The second-order valence-electron chi connectivity index (χ2n) is 5.25. The summed E-state index contributed by atoms with van der Waals surface area (Å²) < 4.78 is 7.58. The van der Waals surface area contributed by atoms with Crippen molar-refractivity contribution in [1.29, 1.82) is 0 Å². The maximum absolute atomic E-state index is 5.75. The molecule has 0 aliphatic carbocycles. The van der Waals surface area contributed by atoms with Crippen molar-refractivity contribution in [3.05, 3.63) is 47.8 Å². The Morgan fingerprint density at radius 3 is 2.70 bits per heavy atom. The lowest BCUT2D eigenvalue weighted by Gasteiger charge is -2.14. The highest BCUT2D eigenvalue weighted by Gasteiger charge is 2.03. The van der Waals surface area contributed by atoms with Crippen molar-refractivity contribution in [3.63, 3.8) is 0 Å². The number of hydrogen-bond acceptors (Lipinski definition) is 3. The van der Waals surface area contributed by atoms with Crippen LogP contribution in [0.5, 0.6) is 5.75 Å². The summed E-state index contributed by atoms with van der Waals surface area (Å²) in [6.45, 7) is 5.82. The molecule has 0 amide bonds. The van der Waals surface area contributed by atoms with E-state index < -0.39 is 0 Å². The van der Waals surface area contributed by atoms with Gasteiger partial charge in [-0.15, -0.1) is 0 Å². The number of aryl methyl sites for hydroxylation is 2. The predicted octanol–water partition coefficient (Wildman–Crippen LogP) is 2.33. The summed E-state index contributed by atoms with van der Waals surface area (Å²) >= 11 is 0. The molecule has 4 nitrogen and oxygen atoms in total. The molecule has 0 fully saturated rings. The Hall–Kier alpha value is -1.81. The summed E-state index contributed by atoms with van der Waals surface area (Å²) in [4.78, 5) is 0. The predicted molar refractivity (Wildman–Crippen MR) is 81.1 cm³/mol. The molecule has 0 spiro atoms. The van der Waals surface area contributed by atoms with Gasteiger partial charge in [0.15, 0.2) is 0 Å². The van der Waals surface area contributed by atoms with Gasteiger partial charge in [-0.2, -0.15) is 5.10 Å². The first-order valence-corrected chi connectivity index (χ1v) is 7.04. The van der Waals surface area contributed by atoms with Crippen LogP contribution in [-0.2, 0) is 13.5 Å². The lowest BCUT2D eigenvalue weighted by molar-refractivity contribution is 0.274. The molecule has 108 valence electrons. The first-order valence-electron chi connectivity index (χ1n) is 7.04. The van der Waals surface area contributed by atoms with Gasteiger partial charge in [0.25, 0.3) is 0 Å². The average molecular weight is 273 g/mol. The van der Waals surface area contributed by atoms with E-state index in [0.717, 1.165) is 18.7 Å². The standard InChI is InChI=1S/C16H23N3O/c1-13-4-6-16(7-5-13)20-12-14(2)17-9-8-15-10-18-19(3)11-15/h4-7,10-11,14,17H,8-9,12H2,1-3H3. The molecule has 1 aromatic heterocycles. The minimum Gasteiger partial charge on any atom is -0.492 e. The number of nitrogens with one attached hydrogen (secondary N) is 1. The third kappa shape index (κ3) is 4.70. The normalized spacial score (nSPS) is 12.3. The fourth-order valence-electron chi connectivity index (χ4n) is 1.98. The smallest absolute Gasteiger partial charge is 0.119 e. The Morgan fingerprint density at radius 2 is 2.05 bits per heavy atom. The van der Waals surface area contributed by atoms with E-state index in [1.165, 1.54) is 11.1 Å². The number of nitrogens with zero attached hydrogens (tertiary/aromatic N) is 2. The molecule has 1 atom stereocenters. The number of hydrogen-bond donors (Lipinski definition) is 1. The molecule has 1 aromatic carbocycles. The summed E-state index contributed by atoms with van der Waals surface area (Å²) in [6.07, 6.45) is 4.95. The van der Waals surface area contributed by atoms with E-state index in [4.69, 9.17) is 4.74 Å². The van der Waals surface area contributed by atoms with Crippen molar-refractivity contribution in [2.24, 2.45) is 7.05 Å². The molecule has 4 heteroatoms. The van der Waals surface area contributed by atoms with Gasteiger partial charge in [-0.3, -0.25) is 4.68 Å². The van der Waals surface area contributed by atoms with Crippen molar-refractivity contribution in [2.75, 3.05) is 13.2 Å². The molecule has 1 heterocycles. The third-order valence-electron chi connectivity index (χ3n) is 3.19. The highest BCUT2D eigenvalue weighted by Crippen LogP contribution is 2.11. The van der Waals surface area contributed by atoms with Gasteiger partial charge in [0.05, 0.1) is 6.20 Å². The van der Waals surface area contributed by atoms with E-state index in [2.05, 4.69) is 42.6 Å². The maximum atomic E-state index is 5.75. The summed E-state index contributed by atoms with van der Waals surface area (Å²) in [5, 5.41) is 7.62. The highest BCUT2D eigenvalue weighted by atomic mass is 16.5. The van der Waals surface area contributed by atoms with Gasteiger partial charge in [-0.05, 0) is 44.5 Å². The summed E-state index contributed by atoms with van der Waals surface area (Å²) in [5.41, 5.74) is 2.51. The first-order chi connectivity index (χ1) is 9.63. The van der Waals surface area contributed by atoms with Crippen LogP contribution in [0.2, 0.25) is 0 Å². The quantitative estimate of drug-likeness (QED) is 0.841. The number of rotatable bonds is 7. The number of aromatic nitrogens is 2. The van der Waals surface area contributed by atoms with Gasteiger partial charge < -0.3 is 10.1 Å². The van der Waals surface area contributed by atoms with Crippen LogP contribution in [0, 0.1) is 6.92 Å². The zero-order chi connectivity index (χ0) is 14.4. The topological polar surface area (TPSA) is 39.1 Å². The van der Waals surface area contributed by atoms with E-state index in [-0.39, 0.29) is 0 Å². The SMILES string of the molecule is Cc1ccc(OCC(C)NCCc2cnn(C)c2)cc1. The van der Waals surface area contributed by atoms with Gasteiger partial charge >= 0.3 is 0 Å². The minimum absolute atomic E-state index is 0.327. The van der Waals surface area contributed by atoms with E-state index in [1.54, 1.807) is 0 Å². The lowest BCUT2D eigenvalue weighted by Crippen LogP contribution is -2.33. The van der Waals surface area contributed by atoms with Crippen LogP contribution in [0.25, 0.3) is 0 Å². The Balaban J connectivity index is 1.65. The molecule has 2 rings (SSSR count). The Morgan fingerprint density at radius 1 is 1.30 bits per heavy atom. The van der Waals surface area contributed by atoms with Crippen molar-refractivity contribution in [3.8, 4) is 5.75 Å². The highest BCUT2D eigenvalue weighted by molar-refractivity contribution is 5.26. The van der Waals surface area contributed by atoms with Gasteiger partial charge in [0, 0.05) is 19.3 Å². The molecule has 0 saturated carbocycles. The van der Waals surface area contributed by atoms with Crippen molar-refractivity contribution >= 4 is 0 Å². The molecule has 1 unspecified atom stereocenters. The van der Waals surface area contributed by atoms with Gasteiger partial charge in [-0.1, -0.05) is 17.7 Å². The molecule has 0 aliphatic rings.